The zero-order valence-electron chi connectivity index (χ0n) is 18.1. The Hall–Kier alpha value is -3.85. The molecule has 2 rings (SSSR count). The number of hydrogen-bond acceptors (Lipinski definition) is 4. The van der Waals surface area contributed by atoms with Crippen molar-refractivity contribution in [3.63, 3.8) is 0 Å². The standard InChI is InChI=1S/C24H22ClF3N4O2/c1-15(5-4-6-22(33)32-34)29-23(31-17(3)19-9-13-21(25)14-10-19)30-16(2)18-7-11-20(12-8-18)24(26,27)28/h4-14,17,33H,1-2H2,3H3,(H2,29,30,31)/b5-4-,22-6+. The molecule has 2 aromatic rings. The number of alkyl halides is 3. The van der Waals surface area contributed by atoms with Crippen LogP contribution in [0.15, 0.2) is 102 Å². The predicted octanol–water partition coefficient (Wildman–Crippen LogP) is 6.86. The highest BCUT2D eigenvalue weighted by atomic mass is 35.5. The molecule has 1 unspecified atom stereocenters. The summed E-state index contributed by atoms with van der Waals surface area (Å²) in [6.45, 7) is 9.54. The van der Waals surface area contributed by atoms with Gasteiger partial charge in [0, 0.05) is 22.0 Å². The van der Waals surface area contributed by atoms with Gasteiger partial charge in [0.05, 0.1) is 17.3 Å². The first-order chi connectivity index (χ1) is 16.0. The Kier molecular flexibility index (Phi) is 9.20. The van der Waals surface area contributed by atoms with Crippen molar-refractivity contribution in [3.8, 4) is 0 Å². The lowest BCUT2D eigenvalue weighted by Gasteiger charge is -2.19. The van der Waals surface area contributed by atoms with Gasteiger partial charge in [0.1, 0.15) is 0 Å². The van der Waals surface area contributed by atoms with Crippen LogP contribution in [-0.4, -0.2) is 11.1 Å². The second-order valence-corrected chi connectivity index (χ2v) is 7.46. The van der Waals surface area contributed by atoms with Gasteiger partial charge in [-0.15, -0.1) is 4.91 Å². The minimum atomic E-state index is -4.45. The fourth-order valence-corrected chi connectivity index (χ4v) is 2.79. The first-order valence-electron chi connectivity index (χ1n) is 9.83. The number of aliphatic hydroxyl groups is 1. The number of aliphatic imine (C=N–C) groups is 1. The first kappa shape index (κ1) is 26.4. The van der Waals surface area contributed by atoms with E-state index in [1.165, 1.54) is 24.3 Å². The quantitative estimate of drug-likeness (QED) is 0.124. The third-order valence-corrected chi connectivity index (χ3v) is 4.68. The van der Waals surface area contributed by atoms with E-state index >= 15 is 0 Å². The molecule has 0 fully saturated rings. The molecule has 0 saturated heterocycles. The molecule has 1 atom stereocenters. The molecular formula is C24H22ClF3N4O2. The smallest absolute Gasteiger partial charge is 0.416 e. The molecule has 0 spiro atoms. The summed E-state index contributed by atoms with van der Waals surface area (Å²) < 4.78 is 38.5. The molecular weight excluding hydrogens is 469 g/mol. The van der Waals surface area contributed by atoms with Gasteiger partial charge in [-0.1, -0.05) is 55.1 Å². The lowest BCUT2D eigenvalue weighted by Crippen LogP contribution is -2.37. The van der Waals surface area contributed by atoms with Crippen LogP contribution in [0.3, 0.4) is 0 Å². The van der Waals surface area contributed by atoms with Crippen molar-refractivity contribution >= 4 is 23.3 Å². The van der Waals surface area contributed by atoms with Crippen LogP contribution in [0.2, 0.25) is 5.02 Å². The van der Waals surface area contributed by atoms with Gasteiger partial charge in [-0.2, -0.15) is 13.2 Å². The van der Waals surface area contributed by atoms with E-state index in [9.17, 15) is 18.1 Å². The Morgan fingerprint density at radius 3 is 2.29 bits per heavy atom. The van der Waals surface area contributed by atoms with Crippen molar-refractivity contribution in [2.24, 2.45) is 10.2 Å². The molecule has 0 aliphatic heterocycles. The van der Waals surface area contributed by atoms with Crippen molar-refractivity contribution in [1.82, 2.24) is 10.6 Å². The minimum absolute atomic E-state index is 0.200. The first-order valence-corrected chi connectivity index (χ1v) is 10.2. The number of rotatable bonds is 8. The van der Waals surface area contributed by atoms with Crippen LogP contribution >= 0.6 is 11.6 Å². The van der Waals surface area contributed by atoms with Crippen LogP contribution in [0.4, 0.5) is 13.2 Å². The number of halogens is 4. The normalized spacial score (nSPS) is 13.4. The van der Waals surface area contributed by atoms with Gasteiger partial charge in [0.25, 0.3) is 5.88 Å². The van der Waals surface area contributed by atoms with Crippen LogP contribution < -0.4 is 10.6 Å². The second-order valence-electron chi connectivity index (χ2n) is 7.03. The fraction of sp³-hybridized carbons (Fsp3) is 0.125. The molecule has 0 amide bonds. The summed E-state index contributed by atoms with van der Waals surface area (Å²) >= 11 is 5.94. The van der Waals surface area contributed by atoms with E-state index in [-0.39, 0.29) is 17.7 Å². The van der Waals surface area contributed by atoms with Gasteiger partial charge < -0.3 is 15.7 Å². The van der Waals surface area contributed by atoms with Gasteiger partial charge in [0.2, 0.25) is 5.96 Å². The maximum Gasteiger partial charge on any atom is 0.416 e. The highest BCUT2D eigenvalue weighted by molar-refractivity contribution is 6.30. The number of nitrogens with one attached hydrogen (secondary N) is 2. The predicted molar refractivity (Wildman–Crippen MR) is 129 cm³/mol. The van der Waals surface area contributed by atoms with E-state index in [0.29, 0.717) is 16.3 Å². The minimum Gasteiger partial charge on any atom is -0.491 e. The second kappa shape index (κ2) is 11.9. The number of guanidine groups is 1. The molecule has 0 radical (unpaired) electrons. The summed E-state index contributed by atoms with van der Waals surface area (Å²) in [6.07, 6.45) is -0.581. The number of allylic oxidation sites excluding steroid dienone is 3. The molecule has 178 valence electrons. The van der Waals surface area contributed by atoms with Crippen molar-refractivity contribution in [1.29, 1.82) is 0 Å². The van der Waals surface area contributed by atoms with Crippen LogP contribution in [0.5, 0.6) is 0 Å². The summed E-state index contributed by atoms with van der Waals surface area (Å²) in [7, 11) is 0. The molecule has 3 N–H and O–H groups in total. The highest BCUT2D eigenvalue weighted by Gasteiger charge is 2.30. The molecule has 0 bridgehead atoms. The van der Waals surface area contributed by atoms with Crippen LogP contribution in [0.25, 0.3) is 5.70 Å². The van der Waals surface area contributed by atoms with E-state index in [2.05, 4.69) is 34.0 Å². The van der Waals surface area contributed by atoms with Crippen LogP contribution in [-0.2, 0) is 6.18 Å². The summed E-state index contributed by atoms with van der Waals surface area (Å²) in [4.78, 5) is 14.6. The number of nitroso groups, excluding NO2 is 1. The van der Waals surface area contributed by atoms with Crippen molar-refractivity contribution in [3.05, 3.63) is 118 Å². The average Bonchev–Trinajstić information content (AvgIpc) is 2.78. The van der Waals surface area contributed by atoms with Crippen LogP contribution in [0.1, 0.15) is 29.7 Å². The number of nitrogens with zero attached hydrogens (tertiary/aromatic N) is 2. The Balaban J connectivity index is 2.27. The van der Waals surface area contributed by atoms with Crippen molar-refractivity contribution in [2.45, 2.75) is 19.1 Å². The van der Waals surface area contributed by atoms with E-state index in [1.807, 2.05) is 19.1 Å². The number of hydrogen-bond donors (Lipinski definition) is 3. The topological polar surface area (TPSA) is 86.1 Å². The van der Waals surface area contributed by atoms with Crippen molar-refractivity contribution < 1.29 is 18.3 Å². The van der Waals surface area contributed by atoms with Gasteiger partial charge in [0.15, 0.2) is 0 Å². The lowest BCUT2D eigenvalue weighted by atomic mass is 10.1. The maximum atomic E-state index is 12.8. The molecule has 2 aromatic carbocycles. The average molecular weight is 491 g/mol. The Morgan fingerprint density at radius 2 is 1.74 bits per heavy atom. The molecule has 34 heavy (non-hydrogen) atoms. The summed E-state index contributed by atoms with van der Waals surface area (Å²) in [5, 5.41) is 18.1. The summed E-state index contributed by atoms with van der Waals surface area (Å²) in [5.74, 6) is -0.494. The molecule has 0 aliphatic rings. The van der Waals surface area contributed by atoms with Crippen molar-refractivity contribution in [2.75, 3.05) is 0 Å². The Bertz CT molecular complexity index is 1120. The molecule has 0 aromatic heterocycles. The molecule has 10 heteroatoms. The third-order valence-electron chi connectivity index (χ3n) is 4.43. The molecule has 6 nitrogen and oxygen atoms in total. The fourth-order valence-electron chi connectivity index (χ4n) is 2.66. The third kappa shape index (κ3) is 8.25. The van der Waals surface area contributed by atoms with Gasteiger partial charge in [-0.3, -0.25) is 0 Å². The molecule has 0 aliphatic carbocycles. The van der Waals surface area contributed by atoms with E-state index in [0.717, 1.165) is 23.8 Å². The molecule has 0 heterocycles. The molecule has 0 saturated carbocycles. The monoisotopic (exact) mass is 490 g/mol. The van der Waals surface area contributed by atoms with E-state index in [1.54, 1.807) is 12.1 Å². The van der Waals surface area contributed by atoms with E-state index in [4.69, 9.17) is 16.7 Å². The number of aliphatic hydroxyl groups excluding tert-OH is 1. The summed E-state index contributed by atoms with van der Waals surface area (Å²) in [6, 6.07) is 11.4. The van der Waals surface area contributed by atoms with Crippen LogP contribution in [0, 0.1) is 4.91 Å². The summed E-state index contributed by atoms with van der Waals surface area (Å²) in [5.41, 5.74) is 1.03. The van der Waals surface area contributed by atoms with Gasteiger partial charge in [-0.25, -0.2) is 4.99 Å². The largest absolute Gasteiger partial charge is 0.491 e. The van der Waals surface area contributed by atoms with E-state index < -0.39 is 17.6 Å². The lowest BCUT2D eigenvalue weighted by molar-refractivity contribution is -0.137. The SMILES string of the molecule is C=C(/C=C\C=C(\O)N=O)N/C(=N\C(=C)c1ccc(C(F)(F)F)cc1)NC(C)c1ccc(Cl)cc1. The van der Waals surface area contributed by atoms with Gasteiger partial charge in [-0.05, 0) is 48.4 Å². The Morgan fingerprint density at radius 1 is 1.12 bits per heavy atom. The number of benzene rings is 2. The zero-order chi connectivity index (χ0) is 25.3. The Labute approximate surface area is 199 Å². The highest BCUT2D eigenvalue weighted by Crippen LogP contribution is 2.30. The maximum absolute atomic E-state index is 12.8. The zero-order valence-corrected chi connectivity index (χ0v) is 18.9. The van der Waals surface area contributed by atoms with Gasteiger partial charge >= 0.3 is 6.18 Å².